The van der Waals surface area contributed by atoms with E-state index in [1.165, 1.54) is 0 Å². The summed E-state index contributed by atoms with van der Waals surface area (Å²) < 4.78 is 5.20. The van der Waals surface area contributed by atoms with Gasteiger partial charge in [0.25, 0.3) is 0 Å². The standard InChI is InChI=1S/C26H23ClN4O3/c1-34-22-12-13-23(18(15-22)16-28)17-4-10-21(11-5-17)31-14-2-3-24(25(31)32)30-26(33)29-20-8-6-19(27)7-9-20/h4-13,15,24H,2-3,14H2,1H3,(H2,29,30,33)/t24-/m1/s1. The Balaban J connectivity index is 1.45. The first-order valence-corrected chi connectivity index (χ1v) is 11.2. The molecule has 172 valence electrons. The van der Waals surface area contributed by atoms with Crippen LogP contribution < -0.4 is 20.3 Å². The Morgan fingerprint density at radius 1 is 1.12 bits per heavy atom. The summed E-state index contributed by atoms with van der Waals surface area (Å²) >= 11 is 5.87. The van der Waals surface area contributed by atoms with E-state index in [-0.39, 0.29) is 5.91 Å². The maximum absolute atomic E-state index is 13.1. The Morgan fingerprint density at radius 2 is 1.85 bits per heavy atom. The number of hydrogen-bond acceptors (Lipinski definition) is 4. The van der Waals surface area contributed by atoms with Gasteiger partial charge in [0.1, 0.15) is 11.8 Å². The number of nitrogens with zero attached hydrogens (tertiary/aromatic N) is 2. The third-order valence-electron chi connectivity index (χ3n) is 5.68. The van der Waals surface area contributed by atoms with Crippen LogP contribution in [0.15, 0.2) is 66.7 Å². The van der Waals surface area contributed by atoms with Gasteiger partial charge in [-0.1, -0.05) is 23.7 Å². The molecule has 4 rings (SSSR count). The van der Waals surface area contributed by atoms with Crippen LogP contribution in [0.1, 0.15) is 18.4 Å². The van der Waals surface area contributed by atoms with Crippen molar-refractivity contribution in [3.8, 4) is 22.9 Å². The van der Waals surface area contributed by atoms with Gasteiger partial charge in [-0.3, -0.25) is 4.79 Å². The number of piperidine rings is 1. The maximum Gasteiger partial charge on any atom is 0.319 e. The van der Waals surface area contributed by atoms with Gasteiger partial charge in [0.05, 0.1) is 18.7 Å². The van der Waals surface area contributed by atoms with Crippen LogP contribution in [0.4, 0.5) is 16.2 Å². The number of nitrogens with one attached hydrogen (secondary N) is 2. The van der Waals surface area contributed by atoms with Crippen LogP contribution in [0.25, 0.3) is 11.1 Å². The molecule has 3 aromatic rings. The second-order valence-electron chi connectivity index (χ2n) is 7.86. The number of carbonyl (C=O) groups excluding carboxylic acids is 2. The van der Waals surface area contributed by atoms with E-state index in [4.69, 9.17) is 16.3 Å². The zero-order valence-electron chi connectivity index (χ0n) is 18.5. The van der Waals surface area contributed by atoms with Gasteiger partial charge in [0.2, 0.25) is 5.91 Å². The minimum Gasteiger partial charge on any atom is -0.497 e. The molecule has 1 atom stereocenters. The van der Waals surface area contributed by atoms with Crippen molar-refractivity contribution in [2.24, 2.45) is 0 Å². The summed E-state index contributed by atoms with van der Waals surface area (Å²) in [5, 5.41) is 15.6. The predicted octanol–water partition coefficient (Wildman–Crippen LogP) is 5.20. The van der Waals surface area contributed by atoms with Crippen molar-refractivity contribution in [1.82, 2.24) is 5.32 Å². The Labute approximate surface area is 202 Å². The number of hydrogen-bond donors (Lipinski definition) is 2. The SMILES string of the molecule is COc1ccc(-c2ccc(N3CCC[C@@H](NC(=O)Nc4ccc(Cl)cc4)C3=O)cc2)c(C#N)c1. The molecule has 0 aromatic heterocycles. The lowest BCUT2D eigenvalue weighted by molar-refractivity contribution is -0.121. The van der Waals surface area contributed by atoms with E-state index in [0.29, 0.717) is 35.0 Å². The lowest BCUT2D eigenvalue weighted by Gasteiger charge is -2.32. The van der Waals surface area contributed by atoms with Gasteiger partial charge in [-0.25, -0.2) is 4.79 Å². The summed E-state index contributed by atoms with van der Waals surface area (Å²) in [7, 11) is 1.56. The minimum atomic E-state index is -0.618. The highest BCUT2D eigenvalue weighted by Gasteiger charge is 2.30. The number of carbonyl (C=O) groups is 2. The van der Waals surface area contributed by atoms with Crippen LogP contribution in [0, 0.1) is 11.3 Å². The topological polar surface area (TPSA) is 94.5 Å². The third kappa shape index (κ3) is 5.13. The summed E-state index contributed by atoms with van der Waals surface area (Å²) in [6.45, 7) is 0.571. The fourth-order valence-electron chi connectivity index (χ4n) is 3.94. The summed E-state index contributed by atoms with van der Waals surface area (Å²) in [6.07, 6.45) is 1.33. The van der Waals surface area contributed by atoms with Crippen molar-refractivity contribution in [2.45, 2.75) is 18.9 Å². The third-order valence-corrected chi connectivity index (χ3v) is 5.94. The molecule has 3 aromatic carbocycles. The van der Waals surface area contributed by atoms with Gasteiger partial charge < -0.3 is 20.3 Å². The van der Waals surface area contributed by atoms with E-state index in [0.717, 1.165) is 23.2 Å². The van der Waals surface area contributed by atoms with Crippen LogP contribution in [-0.2, 0) is 4.79 Å². The van der Waals surface area contributed by atoms with E-state index >= 15 is 0 Å². The average Bonchev–Trinajstić information content (AvgIpc) is 2.86. The van der Waals surface area contributed by atoms with E-state index in [1.54, 1.807) is 42.3 Å². The summed E-state index contributed by atoms with van der Waals surface area (Å²) in [5.74, 6) is 0.460. The van der Waals surface area contributed by atoms with E-state index in [9.17, 15) is 14.9 Å². The van der Waals surface area contributed by atoms with Gasteiger partial charge in [0.15, 0.2) is 0 Å². The number of urea groups is 1. The Bertz CT molecular complexity index is 1240. The average molecular weight is 475 g/mol. The lowest BCUT2D eigenvalue weighted by Crippen LogP contribution is -2.53. The summed E-state index contributed by atoms with van der Waals surface area (Å²) in [5.41, 5.74) is 3.50. The number of nitriles is 1. The molecule has 0 spiro atoms. The number of amides is 3. The molecule has 2 N–H and O–H groups in total. The Hall–Kier alpha value is -4.02. The Kier molecular flexibility index (Phi) is 7.00. The van der Waals surface area contributed by atoms with Crippen molar-refractivity contribution < 1.29 is 14.3 Å². The molecule has 0 aliphatic carbocycles. The molecule has 1 fully saturated rings. The normalized spacial score (nSPS) is 15.4. The van der Waals surface area contributed by atoms with Crippen molar-refractivity contribution in [1.29, 1.82) is 5.26 Å². The minimum absolute atomic E-state index is 0.160. The molecule has 7 nitrogen and oxygen atoms in total. The van der Waals surface area contributed by atoms with Gasteiger partial charge in [-0.05, 0) is 78.6 Å². The van der Waals surface area contributed by atoms with Gasteiger partial charge in [0, 0.05) is 22.9 Å². The van der Waals surface area contributed by atoms with E-state index < -0.39 is 12.1 Å². The van der Waals surface area contributed by atoms with Gasteiger partial charge >= 0.3 is 6.03 Å². The van der Waals surface area contributed by atoms with E-state index in [2.05, 4.69) is 16.7 Å². The van der Waals surface area contributed by atoms with Gasteiger partial charge in [-0.15, -0.1) is 0 Å². The number of rotatable bonds is 5. The van der Waals surface area contributed by atoms with Crippen molar-refractivity contribution >= 4 is 34.9 Å². The summed E-state index contributed by atoms with van der Waals surface area (Å²) in [6, 6.07) is 20.7. The van der Waals surface area contributed by atoms with E-state index in [1.807, 2.05) is 36.4 Å². The highest BCUT2D eigenvalue weighted by Crippen LogP contribution is 2.30. The molecule has 8 heteroatoms. The number of ether oxygens (including phenoxy) is 1. The quantitative estimate of drug-likeness (QED) is 0.531. The molecule has 3 amide bonds. The van der Waals surface area contributed by atoms with Crippen LogP contribution in [0.3, 0.4) is 0 Å². The first-order valence-electron chi connectivity index (χ1n) is 10.8. The molecule has 1 saturated heterocycles. The first-order chi connectivity index (χ1) is 16.5. The molecule has 0 saturated carbocycles. The number of anilines is 2. The molecule has 0 bridgehead atoms. The summed E-state index contributed by atoms with van der Waals surface area (Å²) in [4.78, 5) is 27.2. The maximum atomic E-state index is 13.1. The first kappa shape index (κ1) is 23.1. The van der Waals surface area contributed by atoms with Crippen LogP contribution in [-0.4, -0.2) is 31.6 Å². The molecule has 1 aliphatic rings. The highest BCUT2D eigenvalue weighted by molar-refractivity contribution is 6.30. The molecule has 34 heavy (non-hydrogen) atoms. The highest BCUT2D eigenvalue weighted by atomic mass is 35.5. The van der Waals surface area contributed by atoms with Crippen molar-refractivity contribution in [2.75, 3.05) is 23.9 Å². The molecule has 1 heterocycles. The lowest BCUT2D eigenvalue weighted by atomic mass is 9.99. The number of halogens is 1. The molecular formula is C26H23ClN4O3. The number of methoxy groups -OCH3 is 1. The fourth-order valence-corrected chi connectivity index (χ4v) is 4.07. The molecule has 1 aliphatic heterocycles. The van der Waals surface area contributed by atoms with Crippen LogP contribution in [0.2, 0.25) is 5.02 Å². The molecule has 0 radical (unpaired) electrons. The van der Waals surface area contributed by atoms with Gasteiger partial charge in [-0.2, -0.15) is 5.26 Å². The second kappa shape index (κ2) is 10.3. The largest absolute Gasteiger partial charge is 0.497 e. The zero-order valence-corrected chi connectivity index (χ0v) is 19.3. The number of benzene rings is 3. The predicted molar refractivity (Wildman–Crippen MR) is 132 cm³/mol. The Morgan fingerprint density at radius 3 is 2.53 bits per heavy atom. The monoisotopic (exact) mass is 474 g/mol. The van der Waals surface area contributed by atoms with Crippen LogP contribution >= 0.6 is 11.6 Å². The van der Waals surface area contributed by atoms with Crippen molar-refractivity contribution in [3.63, 3.8) is 0 Å². The van der Waals surface area contributed by atoms with Crippen molar-refractivity contribution in [3.05, 3.63) is 77.3 Å². The smallest absolute Gasteiger partial charge is 0.319 e. The van der Waals surface area contributed by atoms with Crippen LogP contribution in [0.5, 0.6) is 5.75 Å². The molecule has 0 unspecified atom stereocenters. The fraction of sp³-hybridized carbons (Fsp3) is 0.192. The molecular weight excluding hydrogens is 452 g/mol. The second-order valence-corrected chi connectivity index (χ2v) is 8.30. The zero-order chi connectivity index (χ0) is 24.1.